The Morgan fingerprint density at radius 1 is 0.958 bits per heavy atom. The summed E-state index contributed by atoms with van der Waals surface area (Å²) in [6, 6.07) is 16.6. The number of nitrogens with one attached hydrogen (secondary N) is 2. The lowest BCUT2D eigenvalue weighted by molar-refractivity contribution is -0.120. The maximum absolute atomic E-state index is 12.0. The summed E-state index contributed by atoms with van der Waals surface area (Å²) in [4.78, 5) is 23.3. The van der Waals surface area contributed by atoms with Crippen molar-refractivity contribution in [3.8, 4) is 6.07 Å². The van der Waals surface area contributed by atoms with E-state index < -0.39 is 0 Å². The average molecular weight is 386 g/mol. The Hall–Kier alpha value is -2.65. The second-order valence-corrected chi connectivity index (χ2v) is 6.08. The van der Waals surface area contributed by atoms with E-state index in [1.165, 1.54) is 0 Å². The number of halogens is 1. The SMILES string of the molecule is N#CCC(=O)NCc1ccc(NC(=O)Cc2ccc(Br)cc2)cc1. The van der Waals surface area contributed by atoms with Crippen LogP contribution in [0, 0.1) is 11.3 Å². The first kappa shape index (κ1) is 17.7. The number of nitrogens with zero attached hydrogens (tertiary/aromatic N) is 1. The van der Waals surface area contributed by atoms with Crippen LogP contribution in [0.1, 0.15) is 17.5 Å². The molecule has 0 aliphatic heterocycles. The van der Waals surface area contributed by atoms with Gasteiger partial charge in [-0.15, -0.1) is 0 Å². The first-order chi connectivity index (χ1) is 11.6. The second-order valence-electron chi connectivity index (χ2n) is 5.16. The van der Waals surface area contributed by atoms with Crippen molar-refractivity contribution in [2.45, 2.75) is 19.4 Å². The minimum atomic E-state index is -0.302. The Balaban J connectivity index is 1.84. The van der Waals surface area contributed by atoms with Gasteiger partial charge in [0.15, 0.2) is 0 Å². The molecule has 0 aromatic heterocycles. The number of amides is 2. The number of nitriles is 1. The smallest absolute Gasteiger partial charge is 0.234 e. The van der Waals surface area contributed by atoms with E-state index in [4.69, 9.17) is 5.26 Å². The van der Waals surface area contributed by atoms with Crippen LogP contribution in [0.2, 0.25) is 0 Å². The number of hydrogen-bond donors (Lipinski definition) is 2. The summed E-state index contributed by atoms with van der Waals surface area (Å²) in [5, 5.41) is 13.9. The fourth-order valence-electron chi connectivity index (χ4n) is 2.03. The van der Waals surface area contributed by atoms with Crippen molar-refractivity contribution in [2.75, 3.05) is 5.32 Å². The Morgan fingerprint density at radius 3 is 2.21 bits per heavy atom. The lowest BCUT2D eigenvalue weighted by atomic mass is 10.1. The van der Waals surface area contributed by atoms with Crippen molar-refractivity contribution in [1.29, 1.82) is 5.26 Å². The molecule has 2 amide bonds. The summed E-state index contributed by atoms with van der Waals surface area (Å²) in [5.74, 6) is -0.392. The topological polar surface area (TPSA) is 82.0 Å². The third-order valence-electron chi connectivity index (χ3n) is 3.24. The molecule has 2 aromatic rings. The van der Waals surface area contributed by atoms with Gasteiger partial charge in [-0.1, -0.05) is 40.2 Å². The van der Waals surface area contributed by atoms with Gasteiger partial charge in [0.25, 0.3) is 0 Å². The standard InChI is InChI=1S/C18H16BrN3O2/c19-15-5-1-13(2-6-15)11-18(24)22-16-7-3-14(4-8-16)12-21-17(23)9-10-20/h1-8H,9,11-12H2,(H,21,23)(H,22,24). The van der Waals surface area contributed by atoms with Gasteiger partial charge in [-0.05, 0) is 35.4 Å². The van der Waals surface area contributed by atoms with E-state index in [9.17, 15) is 9.59 Å². The molecule has 0 radical (unpaired) electrons. The maximum atomic E-state index is 12.0. The van der Waals surface area contributed by atoms with Gasteiger partial charge >= 0.3 is 0 Å². The molecule has 0 unspecified atom stereocenters. The number of carbonyl (C=O) groups is 2. The van der Waals surface area contributed by atoms with Crippen LogP contribution in [-0.4, -0.2) is 11.8 Å². The van der Waals surface area contributed by atoms with Crippen molar-refractivity contribution >= 4 is 33.4 Å². The zero-order valence-electron chi connectivity index (χ0n) is 12.9. The molecule has 2 N–H and O–H groups in total. The predicted molar refractivity (Wildman–Crippen MR) is 95.0 cm³/mol. The molecule has 0 bridgehead atoms. The van der Waals surface area contributed by atoms with Gasteiger partial charge in [0.2, 0.25) is 11.8 Å². The summed E-state index contributed by atoms with van der Waals surface area (Å²) < 4.78 is 0.976. The van der Waals surface area contributed by atoms with Crippen molar-refractivity contribution in [1.82, 2.24) is 5.32 Å². The largest absolute Gasteiger partial charge is 0.351 e. The first-order valence-electron chi connectivity index (χ1n) is 7.33. The predicted octanol–water partition coefficient (Wildman–Crippen LogP) is 3.16. The number of anilines is 1. The Labute approximate surface area is 148 Å². The van der Waals surface area contributed by atoms with Crippen molar-refractivity contribution in [3.05, 3.63) is 64.1 Å². The molecule has 0 aliphatic carbocycles. The van der Waals surface area contributed by atoms with Crippen molar-refractivity contribution < 1.29 is 9.59 Å². The van der Waals surface area contributed by atoms with E-state index in [1.807, 2.05) is 36.4 Å². The molecule has 0 atom stereocenters. The summed E-state index contributed by atoms with van der Waals surface area (Å²) in [7, 11) is 0. The molecule has 5 nitrogen and oxygen atoms in total. The van der Waals surface area contributed by atoms with Gasteiger partial charge < -0.3 is 10.6 Å². The molecule has 0 saturated carbocycles. The summed E-state index contributed by atoms with van der Waals surface area (Å²) >= 11 is 3.36. The van der Waals surface area contributed by atoms with E-state index >= 15 is 0 Å². The Morgan fingerprint density at radius 2 is 1.58 bits per heavy atom. The van der Waals surface area contributed by atoms with Crippen LogP contribution in [0.15, 0.2) is 53.0 Å². The number of rotatable bonds is 6. The molecule has 2 rings (SSSR count). The van der Waals surface area contributed by atoms with E-state index in [0.29, 0.717) is 18.7 Å². The third-order valence-corrected chi connectivity index (χ3v) is 3.77. The highest BCUT2D eigenvalue weighted by Crippen LogP contribution is 2.13. The van der Waals surface area contributed by atoms with Crippen LogP contribution in [0.5, 0.6) is 0 Å². The second kappa shape index (κ2) is 8.85. The highest BCUT2D eigenvalue weighted by molar-refractivity contribution is 9.10. The van der Waals surface area contributed by atoms with Gasteiger partial charge in [0.1, 0.15) is 6.42 Å². The monoisotopic (exact) mass is 385 g/mol. The van der Waals surface area contributed by atoms with Crippen LogP contribution in [0.25, 0.3) is 0 Å². The van der Waals surface area contributed by atoms with Crippen LogP contribution in [0.3, 0.4) is 0 Å². The molecule has 0 spiro atoms. The average Bonchev–Trinajstić information content (AvgIpc) is 2.56. The highest BCUT2D eigenvalue weighted by Gasteiger charge is 2.05. The number of carbonyl (C=O) groups excluding carboxylic acids is 2. The van der Waals surface area contributed by atoms with Gasteiger partial charge in [0.05, 0.1) is 12.5 Å². The van der Waals surface area contributed by atoms with Crippen LogP contribution >= 0.6 is 15.9 Å². The third kappa shape index (κ3) is 5.86. The summed E-state index contributed by atoms with van der Waals surface area (Å²) in [6.45, 7) is 0.355. The van der Waals surface area contributed by atoms with E-state index in [1.54, 1.807) is 18.2 Å². The lowest BCUT2D eigenvalue weighted by Crippen LogP contribution is -2.21. The molecular weight excluding hydrogens is 370 g/mol. The van der Waals surface area contributed by atoms with Gasteiger partial charge in [-0.2, -0.15) is 5.26 Å². The molecule has 0 aliphatic rings. The maximum Gasteiger partial charge on any atom is 0.234 e. The van der Waals surface area contributed by atoms with Crippen LogP contribution in [-0.2, 0) is 22.6 Å². The molecule has 2 aromatic carbocycles. The molecule has 122 valence electrons. The van der Waals surface area contributed by atoms with Gasteiger partial charge in [-0.3, -0.25) is 9.59 Å². The lowest BCUT2D eigenvalue weighted by Gasteiger charge is -2.07. The fraction of sp³-hybridized carbons (Fsp3) is 0.167. The fourth-order valence-corrected chi connectivity index (χ4v) is 2.30. The number of benzene rings is 2. The molecule has 6 heteroatoms. The zero-order valence-corrected chi connectivity index (χ0v) is 14.5. The molecule has 0 fully saturated rings. The van der Waals surface area contributed by atoms with Crippen molar-refractivity contribution in [3.63, 3.8) is 0 Å². The van der Waals surface area contributed by atoms with Gasteiger partial charge in [-0.25, -0.2) is 0 Å². The zero-order chi connectivity index (χ0) is 17.4. The quantitative estimate of drug-likeness (QED) is 0.800. The molecular formula is C18H16BrN3O2. The summed E-state index contributed by atoms with van der Waals surface area (Å²) in [6.07, 6.45) is 0.156. The number of hydrogen-bond acceptors (Lipinski definition) is 3. The molecule has 0 heterocycles. The van der Waals surface area contributed by atoms with E-state index in [0.717, 1.165) is 15.6 Å². The van der Waals surface area contributed by atoms with E-state index in [2.05, 4.69) is 26.6 Å². The summed E-state index contributed by atoms with van der Waals surface area (Å²) in [5.41, 5.74) is 2.53. The minimum absolute atomic E-state index is 0.0904. The van der Waals surface area contributed by atoms with E-state index in [-0.39, 0.29) is 18.2 Å². The Kier molecular flexibility index (Phi) is 6.52. The highest BCUT2D eigenvalue weighted by atomic mass is 79.9. The molecule has 24 heavy (non-hydrogen) atoms. The van der Waals surface area contributed by atoms with Crippen molar-refractivity contribution in [2.24, 2.45) is 0 Å². The Bertz CT molecular complexity index is 749. The first-order valence-corrected chi connectivity index (χ1v) is 8.13. The van der Waals surface area contributed by atoms with Gasteiger partial charge in [0, 0.05) is 16.7 Å². The molecule has 0 saturated heterocycles. The minimum Gasteiger partial charge on any atom is -0.351 e. The van der Waals surface area contributed by atoms with Crippen LogP contribution in [0.4, 0.5) is 5.69 Å². The normalized spacial score (nSPS) is 9.83. The van der Waals surface area contributed by atoms with Crippen LogP contribution < -0.4 is 10.6 Å².